The minimum atomic E-state index is -4.89. The van der Waals surface area contributed by atoms with E-state index < -0.39 is 46.3 Å². The summed E-state index contributed by atoms with van der Waals surface area (Å²) < 4.78 is 87.0. The van der Waals surface area contributed by atoms with Crippen LogP contribution in [-0.4, -0.2) is 48.5 Å². The zero-order chi connectivity index (χ0) is 28.5. The summed E-state index contributed by atoms with van der Waals surface area (Å²) in [7, 11) is 0. The molecule has 0 N–H and O–H groups in total. The van der Waals surface area contributed by atoms with Crippen molar-refractivity contribution in [3.63, 3.8) is 0 Å². The number of hydrazone groups is 1. The summed E-state index contributed by atoms with van der Waals surface area (Å²) in [6.07, 6.45) is -8.08. The molecule has 0 fully saturated rings. The molecule has 38 heavy (non-hydrogen) atoms. The first-order valence-electron chi connectivity index (χ1n) is 10.8. The summed E-state index contributed by atoms with van der Waals surface area (Å²) >= 11 is 6.77. The first-order valence-corrected chi connectivity index (χ1v) is 12.3. The van der Waals surface area contributed by atoms with Gasteiger partial charge in [0.05, 0.1) is 35.1 Å². The molecule has 0 bridgehead atoms. The second kappa shape index (κ2) is 10.9. The standard InChI is InChI=1S/C23H20ClF6N3O4S/c1-4-36-19(34)21(2)12-32(31-18(21)13-5-10-16(17(24)11-13)22(25,26)27)20(35)33(38-3)14-6-8-15(9-7-14)37-23(28,29)30/h5-11H,4,12H2,1-3H3. The Bertz CT molecular complexity index is 1240. The van der Waals surface area contributed by atoms with Crippen LogP contribution < -0.4 is 9.04 Å². The van der Waals surface area contributed by atoms with Gasteiger partial charge in [0.2, 0.25) is 0 Å². The second-order valence-corrected chi connectivity index (χ2v) is 9.19. The Kier molecular flexibility index (Phi) is 8.46. The molecule has 2 aromatic rings. The van der Waals surface area contributed by atoms with Crippen LogP contribution in [0.25, 0.3) is 0 Å². The molecule has 0 saturated carbocycles. The molecule has 206 valence electrons. The van der Waals surface area contributed by atoms with E-state index in [9.17, 15) is 35.9 Å². The molecular weight excluding hydrogens is 564 g/mol. The number of hydrogen-bond donors (Lipinski definition) is 0. The monoisotopic (exact) mass is 583 g/mol. The van der Waals surface area contributed by atoms with Crippen molar-refractivity contribution in [1.29, 1.82) is 0 Å². The molecule has 0 saturated heterocycles. The van der Waals surface area contributed by atoms with Crippen molar-refractivity contribution in [2.45, 2.75) is 26.4 Å². The highest BCUT2D eigenvalue weighted by molar-refractivity contribution is 8.00. The molecule has 2 amide bonds. The fourth-order valence-electron chi connectivity index (χ4n) is 3.65. The molecule has 1 heterocycles. The third-order valence-corrected chi connectivity index (χ3v) is 6.41. The predicted molar refractivity (Wildman–Crippen MR) is 129 cm³/mol. The third kappa shape index (κ3) is 6.29. The first-order chi connectivity index (χ1) is 17.6. The number of benzene rings is 2. The molecule has 1 atom stereocenters. The number of esters is 1. The molecule has 15 heteroatoms. The fourth-order valence-corrected chi connectivity index (χ4v) is 4.52. The van der Waals surface area contributed by atoms with Crippen LogP contribution in [0.15, 0.2) is 47.6 Å². The lowest BCUT2D eigenvalue weighted by Gasteiger charge is -2.26. The van der Waals surface area contributed by atoms with Crippen molar-refractivity contribution in [3.05, 3.63) is 58.6 Å². The van der Waals surface area contributed by atoms with Crippen LogP contribution in [0.3, 0.4) is 0 Å². The van der Waals surface area contributed by atoms with Crippen LogP contribution in [0.2, 0.25) is 5.02 Å². The van der Waals surface area contributed by atoms with Crippen LogP contribution in [0.1, 0.15) is 25.0 Å². The van der Waals surface area contributed by atoms with Gasteiger partial charge in [-0.05, 0) is 62.2 Å². The van der Waals surface area contributed by atoms with Gasteiger partial charge >= 0.3 is 24.5 Å². The zero-order valence-corrected chi connectivity index (χ0v) is 21.6. The molecule has 0 aromatic heterocycles. The largest absolute Gasteiger partial charge is 0.573 e. The Morgan fingerprint density at radius 3 is 2.26 bits per heavy atom. The summed E-state index contributed by atoms with van der Waals surface area (Å²) in [5, 5.41) is 4.54. The SMILES string of the molecule is CCOC(=O)C1(C)CN(C(=O)N(SC)c2ccc(OC(F)(F)F)cc2)N=C1c1ccc(C(F)(F)F)c(Cl)c1. The summed E-state index contributed by atoms with van der Waals surface area (Å²) in [6, 6.07) is 6.54. The van der Waals surface area contributed by atoms with E-state index in [0.29, 0.717) is 0 Å². The van der Waals surface area contributed by atoms with Crippen LogP contribution in [-0.2, 0) is 15.7 Å². The molecule has 1 aliphatic heterocycles. The van der Waals surface area contributed by atoms with Crippen LogP contribution in [0, 0.1) is 5.41 Å². The molecule has 7 nitrogen and oxygen atoms in total. The number of alkyl halides is 6. The van der Waals surface area contributed by atoms with Gasteiger partial charge in [-0.3, -0.25) is 4.79 Å². The van der Waals surface area contributed by atoms with Gasteiger partial charge in [-0.2, -0.15) is 18.3 Å². The summed E-state index contributed by atoms with van der Waals surface area (Å²) in [4.78, 5) is 26.3. The van der Waals surface area contributed by atoms with E-state index in [1.165, 1.54) is 25.3 Å². The Labute approximate surface area is 222 Å². The molecular formula is C23H20ClF6N3O4S. The van der Waals surface area contributed by atoms with E-state index in [4.69, 9.17) is 16.3 Å². The molecule has 2 aromatic carbocycles. The van der Waals surface area contributed by atoms with Gasteiger partial charge in [0.15, 0.2) is 0 Å². The molecule has 3 rings (SSSR count). The Hall–Kier alpha value is -3.13. The maximum absolute atomic E-state index is 13.4. The van der Waals surface area contributed by atoms with Crippen molar-refractivity contribution in [2.24, 2.45) is 10.5 Å². The molecule has 0 aliphatic carbocycles. The summed E-state index contributed by atoms with van der Waals surface area (Å²) in [5.74, 6) is -1.26. The quantitative estimate of drug-likeness (QED) is 0.214. The minimum absolute atomic E-state index is 0.00724. The van der Waals surface area contributed by atoms with E-state index in [1.807, 2.05) is 0 Å². The summed E-state index contributed by atoms with van der Waals surface area (Å²) in [6.45, 7) is 2.65. The Morgan fingerprint density at radius 1 is 1.13 bits per heavy atom. The van der Waals surface area contributed by atoms with Crippen molar-refractivity contribution in [1.82, 2.24) is 5.01 Å². The topological polar surface area (TPSA) is 71.4 Å². The number of halogens is 7. The maximum atomic E-state index is 13.4. The number of anilines is 1. The number of amides is 2. The van der Waals surface area contributed by atoms with Crippen molar-refractivity contribution in [3.8, 4) is 5.75 Å². The van der Waals surface area contributed by atoms with Crippen molar-refractivity contribution < 1.29 is 45.4 Å². The van der Waals surface area contributed by atoms with E-state index in [-0.39, 0.29) is 30.1 Å². The second-order valence-electron chi connectivity index (χ2n) is 8.05. The van der Waals surface area contributed by atoms with Gasteiger partial charge in [0.25, 0.3) is 0 Å². The lowest BCUT2D eigenvalue weighted by molar-refractivity contribution is -0.274. The zero-order valence-electron chi connectivity index (χ0n) is 20.0. The number of rotatable bonds is 6. The number of hydrogen-bond acceptors (Lipinski definition) is 6. The lowest BCUT2D eigenvalue weighted by Crippen LogP contribution is -2.43. The highest BCUT2D eigenvalue weighted by Gasteiger charge is 2.49. The highest BCUT2D eigenvalue weighted by Crippen LogP contribution is 2.39. The predicted octanol–water partition coefficient (Wildman–Crippen LogP) is 6.75. The molecule has 1 aliphatic rings. The Morgan fingerprint density at radius 2 is 1.76 bits per heavy atom. The van der Waals surface area contributed by atoms with Gasteiger partial charge in [-0.15, -0.1) is 13.2 Å². The van der Waals surface area contributed by atoms with E-state index in [2.05, 4.69) is 9.84 Å². The third-order valence-electron chi connectivity index (χ3n) is 5.37. The van der Waals surface area contributed by atoms with Gasteiger partial charge in [-0.25, -0.2) is 14.1 Å². The van der Waals surface area contributed by atoms with Gasteiger partial charge in [0, 0.05) is 11.8 Å². The number of ether oxygens (including phenoxy) is 2. The smallest absolute Gasteiger partial charge is 0.465 e. The normalized spacial score (nSPS) is 17.7. The van der Waals surface area contributed by atoms with E-state index in [0.717, 1.165) is 51.6 Å². The number of nitrogens with zero attached hydrogens (tertiary/aromatic N) is 3. The molecule has 1 unspecified atom stereocenters. The van der Waals surface area contributed by atoms with Crippen LogP contribution in [0.5, 0.6) is 5.75 Å². The van der Waals surface area contributed by atoms with Gasteiger partial charge < -0.3 is 9.47 Å². The van der Waals surface area contributed by atoms with Gasteiger partial charge in [0.1, 0.15) is 11.2 Å². The van der Waals surface area contributed by atoms with E-state index in [1.54, 1.807) is 6.92 Å². The Balaban J connectivity index is 1.98. The molecule has 0 spiro atoms. The minimum Gasteiger partial charge on any atom is -0.465 e. The van der Waals surface area contributed by atoms with Crippen molar-refractivity contribution in [2.75, 3.05) is 23.7 Å². The van der Waals surface area contributed by atoms with Gasteiger partial charge in [-0.1, -0.05) is 17.7 Å². The average Bonchev–Trinajstić information content (AvgIpc) is 3.17. The number of urea groups is 1. The number of carbonyl (C=O) groups excluding carboxylic acids is 2. The first kappa shape index (κ1) is 29.4. The molecule has 0 radical (unpaired) electrons. The maximum Gasteiger partial charge on any atom is 0.573 e. The van der Waals surface area contributed by atoms with E-state index >= 15 is 0 Å². The highest BCUT2D eigenvalue weighted by atomic mass is 35.5. The lowest BCUT2D eigenvalue weighted by atomic mass is 9.82. The summed E-state index contributed by atoms with van der Waals surface area (Å²) in [5.41, 5.74) is -2.45. The van der Waals surface area contributed by atoms with Crippen molar-refractivity contribution >= 4 is 46.9 Å². The average molecular weight is 584 g/mol. The number of carbonyl (C=O) groups is 2. The van der Waals surface area contributed by atoms with Crippen LogP contribution >= 0.6 is 23.5 Å². The fraction of sp³-hybridized carbons (Fsp3) is 0.348. The van der Waals surface area contributed by atoms with Crippen LogP contribution in [0.4, 0.5) is 36.8 Å².